The van der Waals surface area contributed by atoms with Crippen LogP contribution in [0.4, 0.5) is 4.79 Å². The molecule has 5 nitrogen and oxygen atoms in total. The molecular weight excluding hydrogens is 350 g/mol. The van der Waals surface area contributed by atoms with Crippen LogP contribution in [0.3, 0.4) is 0 Å². The van der Waals surface area contributed by atoms with Crippen LogP contribution in [0.5, 0.6) is 5.75 Å². The number of aliphatic hydroxyl groups is 1. The summed E-state index contributed by atoms with van der Waals surface area (Å²) in [6, 6.07) is 7.56. The number of nitrogens with one attached hydrogen (secondary N) is 1. The minimum Gasteiger partial charge on any atom is -0.490 e. The largest absolute Gasteiger partial charge is 0.490 e. The molecule has 1 aliphatic rings. The van der Waals surface area contributed by atoms with Gasteiger partial charge in [-0.1, -0.05) is 15.9 Å². The summed E-state index contributed by atoms with van der Waals surface area (Å²) in [7, 11) is 0. The van der Waals surface area contributed by atoms with Crippen LogP contribution in [-0.2, 0) is 4.74 Å². The Kier molecular flexibility index (Phi) is 5.02. The molecule has 122 valence electrons. The predicted octanol–water partition coefficient (Wildman–Crippen LogP) is 3.25. The molecular formula is C16H22BrNO4. The highest BCUT2D eigenvalue weighted by Gasteiger charge is 2.44. The summed E-state index contributed by atoms with van der Waals surface area (Å²) < 4.78 is 11.9. The molecule has 2 N–H and O–H groups in total. The molecule has 1 aliphatic carbocycles. The average molecular weight is 372 g/mol. The van der Waals surface area contributed by atoms with Gasteiger partial charge in [0, 0.05) is 23.9 Å². The molecule has 1 amide bonds. The zero-order valence-electron chi connectivity index (χ0n) is 13.1. The molecule has 2 rings (SSSR count). The lowest BCUT2D eigenvalue weighted by Crippen LogP contribution is -2.56. The van der Waals surface area contributed by atoms with E-state index in [4.69, 9.17) is 9.47 Å². The van der Waals surface area contributed by atoms with Crippen LogP contribution < -0.4 is 10.1 Å². The Morgan fingerprint density at radius 2 is 1.95 bits per heavy atom. The van der Waals surface area contributed by atoms with Crippen LogP contribution in [0.15, 0.2) is 28.7 Å². The lowest BCUT2D eigenvalue weighted by Gasteiger charge is -2.43. The number of amides is 1. The van der Waals surface area contributed by atoms with Gasteiger partial charge in [0.2, 0.25) is 0 Å². The second-order valence-electron chi connectivity index (χ2n) is 6.68. The first-order valence-corrected chi connectivity index (χ1v) is 8.06. The summed E-state index contributed by atoms with van der Waals surface area (Å²) in [5.74, 6) is 0.773. The zero-order chi connectivity index (χ0) is 16.4. The summed E-state index contributed by atoms with van der Waals surface area (Å²) in [5.41, 5.74) is -1.46. The fourth-order valence-electron chi connectivity index (χ4n) is 2.27. The van der Waals surface area contributed by atoms with Gasteiger partial charge in [-0.15, -0.1) is 0 Å². The lowest BCUT2D eigenvalue weighted by molar-refractivity contribution is -0.100. The fraction of sp³-hybridized carbons (Fsp3) is 0.562. The van der Waals surface area contributed by atoms with Crippen molar-refractivity contribution in [3.8, 4) is 5.75 Å². The normalized spacial score (nSPS) is 24.3. The second-order valence-corrected chi connectivity index (χ2v) is 7.60. The molecule has 0 spiro atoms. The molecule has 0 unspecified atom stereocenters. The van der Waals surface area contributed by atoms with Crippen LogP contribution in [0.2, 0.25) is 0 Å². The molecule has 1 fully saturated rings. The van der Waals surface area contributed by atoms with Crippen molar-refractivity contribution in [2.45, 2.75) is 50.9 Å². The van der Waals surface area contributed by atoms with E-state index in [9.17, 15) is 9.90 Å². The quantitative estimate of drug-likeness (QED) is 0.852. The van der Waals surface area contributed by atoms with Crippen LogP contribution in [0.25, 0.3) is 0 Å². The fourth-order valence-corrected chi connectivity index (χ4v) is 2.54. The van der Waals surface area contributed by atoms with Gasteiger partial charge in [-0.05, 0) is 45.0 Å². The first kappa shape index (κ1) is 17.1. The molecule has 1 aromatic carbocycles. The maximum atomic E-state index is 11.6. The van der Waals surface area contributed by atoms with Gasteiger partial charge in [0.25, 0.3) is 0 Å². The summed E-state index contributed by atoms with van der Waals surface area (Å²) >= 11 is 3.37. The van der Waals surface area contributed by atoms with Crippen molar-refractivity contribution in [3.05, 3.63) is 28.7 Å². The molecule has 0 heterocycles. The molecule has 0 saturated heterocycles. The highest BCUT2D eigenvalue weighted by atomic mass is 79.9. The number of alkyl carbamates (subject to hydrolysis) is 1. The number of benzene rings is 1. The van der Waals surface area contributed by atoms with Crippen molar-refractivity contribution in [1.82, 2.24) is 5.32 Å². The maximum Gasteiger partial charge on any atom is 0.407 e. The van der Waals surface area contributed by atoms with E-state index >= 15 is 0 Å². The van der Waals surface area contributed by atoms with Crippen molar-refractivity contribution in [2.75, 3.05) is 6.54 Å². The van der Waals surface area contributed by atoms with Crippen LogP contribution in [-0.4, -0.2) is 35.1 Å². The number of hydrogen-bond donors (Lipinski definition) is 2. The van der Waals surface area contributed by atoms with E-state index in [-0.39, 0.29) is 12.6 Å². The zero-order valence-corrected chi connectivity index (χ0v) is 14.6. The number of carbonyl (C=O) groups excluding carboxylic acids is 1. The molecule has 1 saturated carbocycles. The number of hydrogen-bond acceptors (Lipinski definition) is 4. The summed E-state index contributed by atoms with van der Waals surface area (Å²) in [6.45, 7) is 5.56. The van der Waals surface area contributed by atoms with Gasteiger partial charge in [-0.25, -0.2) is 4.79 Å². The Morgan fingerprint density at radius 3 is 2.50 bits per heavy atom. The Labute approximate surface area is 139 Å². The van der Waals surface area contributed by atoms with E-state index < -0.39 is 17.3 Å². The third kappa shape index (κ3) is 5.18. The van der Waals surface area contributed by atoms with Crippen molar-refractivity contribution in [1.29, 1.82) is 0 Å². The van der Waals surface area contributed by atoms with E-state index in [1.165, 1.54) is 0 Å². The molecule has 0 radical (unpaired) electrons. The molecule has 0 aliphatic heterocycles. The summed E-state index contributed by atoms with van der Waals surface area (Å²) in [4.78, 5) is 11.6. The van der Waals surface area contributed by atoms with Gasteiger partial charge in [-0.2, -0.15) is 0 Å². The van der Waals surface area contributed by atoms with Crippen molar-refractivity contribution >= 4 is 22.0 Å². The van der Waals surface area contributed by atoms with Gasteiger partial charge in [0.1, 0.15) is 17.5 Å². The molecule has 0 atom stereocenters. The third-order valence-electron chi connectivity index (χ3n) is 3.29. The predicted molar refractivity (Wildman–Crippen MR) is 87.0 cm³/mol. The smallest absolute Gasteiger partial charge is 0.407 e. The van der Waals surface area contributed by atoms with Crippen LogP contribution >= 0.6 is 15.9 Å². The molecule has 6 heteroatoms. The van der Waals surface area contributed by atoms with Gasteiger partial charge >= 0.3 is 6.09 Å². The van der Waals surface area contributed by atoms with Crippen molar-refractivity contribution < 1.29 is 19.4 Å². The van der Waals surface area contributed by atoms with Gasteiger partial charge in [-0.3, -0.25) is 0 Å². The number of carbonyl (C=O) groups is 1. The van der Waals surface area contributed by atoms with E-state index in [1.807, 2.05) is 24.3 Å². The molecule has 0 bridgehead atoms. The first-order valence-electron chi connectivity index (χ1n) is 7.27. The van der Waals surface area contributed by atoms with Crippen molar-refractivity contribution in [2.24, 2.45) is 0 Å². The minimum atomic E-state index is -0.920. The third-order valence-corrected chi connectivity index (χ3v) is 3.82. The van der Waals surface area contributed by atoms with Gasteiger partial charge in [0.05, 0.1) is 5.60 Å². The molecule has 22 heavy (non-hydrogen) atoms. The van der Waals surface area contributed by atoms with Crippen molar-refractivity contribution in [3.63, 3.8) is 0 Å². The topological polar surface area (TPSA) is 67.8 Å². The number of halogens is 1. The van der Waals surface area contributed by atoms with E-state index in [2.05, 4.69) is 21.2 Å². The molecule has 1 aromatic rings. The Balaban J connectivity index is 1.72. The SMILES string of the molecule is CC(C)(C)OC(=O)NCC1(O)CC(Oc2ccc(Br)cc2)C1. The standard InChI is InChI=1S/C16H22BrNO4/c1-15(2,3)22-14(19)18-10-16(20)8-13(9-16)21-12-6-4-11(17)5-7-12/h4-7,13,20H,8-10H2,1-3H3,(H,18,19). The summed E-state index contributed by atoms with van der Waals surface area (Å²) in [5, 5.41) is 12.9. The van der Waals surface area contributed by atoms with E-state index in [0.29, 0.717) is 12.8 Å². The first-order chi connectivity index (χ1) is 10.2. The Bertz CT molecular complexity index is 518. The maximum absolute atomic E-state index is 11.6. The van der Waals surface area contributed by atoms with Crippen LogP contribution in [0.1, 0.15) is 33.6 Å². The lowest BCUT2D eigenvalue weighted by atomic mass is 9.77. The van der Waals surface area contributed by atoms with E-state index in [1.54, 1.807) is 20.8 Å². The molecule has 0 aromatic heterocycles. The van der Waals surface area contributed by atoms with Crippen LogP contribution in [0, 0.1) is 0 Å². The Morgan fingerprint density at radius 1 is 1.36 bits per heavy atom. The minimum absolute atomic E-state index is 0.0355. The highest BCUT2D eigenvalue weighted by Crippen LogP contribution is 2.35. The van der Waals surface area contributed by atoms with Gasteiger partial charge in [0.15, 0.2) is 0 Å². The average Bonchev–Trinajstić information content (AvgIpc) is 2.35. The number of ether oxygens (including phenoxy) is 2. The summed E-state index contributed by atoms with van der Waals surface area (Å²) in [6.07, 6.45) is 0.419. The number of rotatable bonds is 4. The highest BCUT2D eigenvalue weighted by molar-refractivity contribution is 9.10. The monoisotopic (exact) mass is 371 g/mol. The second kappa shape index (κ2) is 6.46. The van der Waals surface area contributed by atoms with E-state index in [0.717, 1.165) is 10.2 Å². The Hall–Kier alpha value is -1.27. The van der Waals surface area contributed by atoms with Gasteiger partial charge < -0.3 is 19.9 Å².